The smallest absolute Gasteiger partial charge is 0.457 e. The fourth-order valence-corrected chi connectivity index (χ4v) is 7.16. The average molecular weight is 867 g/mol. The lowest BCUT2D eigenvalue weighted by Gasteiger charge is -2.41. The van der Waals surface area contributed by atoms with Crippen LogP contribution in [0.5, 0.6) is 0 Å². The Morgan fingerprint density at radius 2 is 0.983 bits per heavy atom. The normalized spacial score (nSPS) is 23.1. The highest BCUT2D eigenvalue weighted by Gasteiger charge is 2.51. The van der Waals surface area contributed by atoms with E-state index in [0.29, 0.717) is 19.4 Å². The standard InChI is InChI=1S/C47H79O12P/c1-3-5-7-9-11-13-15-17-19-21-22-24-26-28-30-32-34-36-41(48)58-40(39-57-60(54,55)59-47-45(52)43(50)42(49)44(51)46(47)53)38-56-37-35-33-31-29-27-25-23-20-18-16-14-12-10-8-6-4-2/h5,7,11-14,17-20,22,24,28,30,40,42-47,49-53H,3-4,6,8-10,15-16,21,23,25-27,29,31-39H2,1-2H3,(H,54,55)/b7-5-,13-11-,14-12-,19-17-,20-18-,24-22-,30-28-. The highest BCUT2D eigenvalue weighted by Crippen LogP contribution is 2.47. The quantitative estimate of drug-likeness (QED) is 0.0152. The first-order valence-electron chi connectivity index (χ1n) is 22.4. The number of aliphatic hydroxyl groups excluding tert-OH is 5. The summed E-state index contributed by atoms with van der Waals surface area (Å²) in [5.74, 6) is -0.541. The summed E-state index contributed by atoms with van der Waals surface area (Å²) in [5.41, 5.74) is 0. The molecule has 12 nitrogen and oxygen atoms in total. The largest absolute Gasteiger partial charge is 0.472 e. The maximum atomic E-state index is 12.8. The Labute approximate surface area is 361 Å². The van der Waals surface area contributed by atoms with Crippen molar-refractivity contribution in [2.75, 3.05) is 19.8 Å². The number of phosphoric acid groups is 1. The molecule has 1 aliphatic rings. The Hall–Kier alpha value is -2.48. The van der Waals surface area contributed by atoms with Crippen LogP contribution in [0.4, 0.5) is 0 Å². The minimum atomic E-state index is -5.04. The Balaban J connectivity index is 2.48. The second-order valence-corrected chi connectivity index (χ2v) is 16.6. The Kier molecular flexibility index (Phi) is 34.3. The number of hydrogen-bond donors (Lipinski definition) is 6. The summed E-state index contributed by atoms with van der Waals surface area (Å²) in [6.07, 6.45) is 36.6. The fourth-order valence-electron chi connectivity index (χ4n) is 6.18. The van der Waals surface area contributed by atoms with E-state index in [9.17, 15) is 39.8 Å². The van der Waals surface area contributed by atoms with Crippen molar-refractivity contribution in [1.29, 1.82) is 0 Å². The van der Waals surface area contributed by atoms with E-state index in [0.717, 1.165) is 89.9 Å². The first-order valence-corrected chi connectivity index (χ1v) is 23.9. The number of allylic oxidation sites excluding steroid dienone is 14. The van der Waals surface area contributed by atoms with Crippen LogP contribution in [0.15, 0.2) is 85.1 Å². The van der Waals surface area contributed by atoms with Crippen molar-refractivity contribution < 1.29 is 58.3 Å². The molecule has 60 heavy (non-hydrogen) atoms. The van der Waals surface area contributed by atoms with Crippen LogP contribution in [-0.4, -0.2) is 98.9 Å². The van der Waals surface area contributed by atoms with E-state index in [2.05, 4.69) is 86.8 Å². The molecular weight excluding hydrogens is 787 g/mol. The SMILES string of the molecule is CC/C=C\C/C=C\C/C=C\C/C=C\C/C=C\CCCC(=O)OC(COCCCCCCCC/C=C\C/C=C\CCCCC)COP(=O)(O)OC1C(O)C(O)C(O)C(O)C1O. The molecule has 13 heteroatoms. The van der Waals surface area contributed by atoms with E-state index < -0.39 is 63.1 Å². The number of aliphatic hydroxyl groups is 5. The summed E-state index contributed by atoms with van der Waals surface area (Å²) in [6.45, 7) is 4.01. The highest BCUT2D eigenvalue weighted by atomic mass is 31.2. The summed E-state index contributed by atoms with van der Waals surface area (Å²) in [5, 5.41) is 50.1. The first kappa shape index (κ1) is 55.5. The highest BCUT2D eigenvalue weighted by molar-refractivity contribution is 7.47. The van der Waals surface area contributed by atoms with Gasteiger partial charge in [-0.05, 0) is 83.5 Å². The van der Waals surface area contributed by atoms with E-state index in [1.165, 1.54) is 19.3 Å². The lowest BCUT2D eigenvalue weighted by Crippen LogP contribution is -2.64. The van der Waals surface area contributed by atoms with Crippen molar-refractivity contribution in [3.63, 3.8) is 0 Å². The minimum Gasteiger partial charge on any atom is -0.457 e. The van der Waals surface area contributed by atoms with E-state index in [1.54, 1.807) is 0 Å². The predicted octanol–water partition coefficient (Wildman–Crippen LogP) is 8.97. The van der Waals surface area contributed by atoms with Crippen LogP contribution in [0.1, 0.15) is 142 Å². The van der Waals surface area contributed by atoms with Crippen LogP contribution in [0, 0.1) is 0 Å². The van der Waals surface area contributed by atoms with Gasteiger partial charge in [-0.3, -0.25) is 13.8 Å². The molecule has 0 aliphatic heterocycles. The van der Waals surface area contributed by atoms with E-state index in [4.69, 9.17) is 18.5 Å². The second-order valence-electron chi connectivity index (χ2n) is 15.2. The van der Waals surface area contributed by atoms with Crippen molar-refractivity contribution in [3.05, 3.63) is 85.1 Å². The third-order valence-corrected chi connectivity index (χ3v) is 10.7. The molecule has 6 unspecified atom stereocenters. The number of hydrogen-bond acceptors (Lipinski definition) is 11. The van der Waals surface area contributed by atoms with E-state index in [1.807, 2.05) is 12.2 Å². The molecule has 344 valence electrons. The van der Waals surface area contributed by atoms with Gasteiger partial charge in [0.25, 0.3) is 0 Å². The van der Waals surface area contributed by atoms with Gasteiger partial charge in [0, 0.05) is 13.0 Å². The fraction of sp³-hybridized carbons (Fsp3) is 0.681. The predicted molar refractivity (Wildman–Crippen MR) is 239 cm³/mol. The number of carbonyl (C=O) groups excluding carboxylic acids is 1. The lowest BCUT2D eigenvalue weighted by atomic mass is 9.85. The summed E-state index contributed by atoms with van der Waals surface area (Å²) in [4.78, 5) is 23.1. The van der Waals surface area contributed by atoms with Gasteiger partial charge in [0.2, 0.25) is 0 Å². The average Bonchev–Trinajstić information content (AvgIpc) is 3.23. The first-order chi connectivity index (χ1) is 29.0. The Morgan fingerprint density at radius 3 is 1.50 bits per heavy atom. The van der Waals surface area contributed by atoms with Crippen molar-refractivity contribution >= 4 is 13.8 Å². The molecule has 0 radical (unpaired) electrons. The summed E-state index contributed by atoms with van der Waals surface area (Å²) in [7, 11) is -5.04. The van der Waals surface area contributed by atoms with Crippen LogP contribution in [-0.2, 0) is 27.9 Å². The zero-order chi connectivity index (χ0) is 44.1. The Bertz CT molecular complexity index is 1310. The number of rotatable bonds is 36. The van der Waals surface area contributed by atoms with Crippen LogP contribution in [0.3, 0.4) is 0 Å². The zero-order valence-corrected chi connectivity index (χ0v) is 37.4. The third-order valence-electron chi connectivity index (χ3n) is 9.75. The van der Waals surface area contributed by atoms with Crippen molar-refractivity contribution in [3.8, 4) is 0 Å². The van der Waals surface area contributed by atoms with Gasteiger partial charge >= 0.3 is 13.8 Å². The summed E-state index contributed by atoms with van der Waals surface area (Å²) >= 11 is 0. The van der Waals surface area contributed by atoms with Crippen LogP contribution >= 0.6 is 7.82 Å². The lowest BCUT2D eigenvalue weighted by molar-refractivity contribution is -0.220. The molecule has 0 aromatic heterocycles. The molecule has 0 bridgehead atoms. The van der Waals surface area contributed by atoms with Gasteiger partial charge in [-0.1, -0.05) is 137 Å². The molecule has 6 atom stereocenters. The molecule has 1 fully saturated rings. The maximum Gasteiger partial charge on any atom is 0.472 e. The van der Waals surface area contributed by atoms with E-state index in [-0.39, 0.29) is 13.0 Å². The van der Waals surface area contributed by atoms with Crippen LogP contribution in [0.2, 0.25) is 0 Å². The molecule has 1 aliphatic carbocycles. The molecule has 1 saturated carbocycles. The number of carbonyl (C=O) groups is 1. The molecule has 0 saturated heterocycles. The van der Waals surface area contributed by atoms with Gasteiger partial charge in [0.05, 0.1) is 13.2 Å². The molecule has 0 aromatic carbocycles. The molecule has 0 amide bonds. The number of ether oxygens (including phenoxy) is 2. The van der Waals surface area contributed by atoms with Crippen molar-refractivity contribution in [2.24, 2.45) is 0 Å². The van der Waals surface area contributed by atoms with Crippen molar-refractivity contribution in [2.45, 2.75) is 185 Å². The van der Waals surface area contributed by atoms with Gasteiger partial charge in [-0.15, -0.1) is 0 Å². The molecule has 1 rings (SSSR count). The van der Waals surface area contributed by atoms with E-state index >= 15 is 0 Å². The molecule has 6 N–H and O–H groups in total. The second kappa shape index (κ2) is 37.1. The monoisotopic (exact) mass is 867 g/mol. The molecule has 0 spiro atoms. The zero-order valence-electron chi connectivity index (χ0n) is 36.5. The van der Waals surface area contributed by atoms with Gasteiger partial charge < -0.3 is 39.9 Å². The Morgan fingerprint density at radius 1 is 0.550 bits per heavy atom. The third kappa shape index (κ3) is 28.9. The van der Waals surface area contributed by atoms with Crippen LogP contribution in [0.25, 0.3) is 0 Å². The van der Waals surface area contributed by atoms with Crippen molar-refractivity contribution in [1.82, 2.24) is 0 Å². The van der Waals surface area contributed by atoms with Crippen LogP contribution < -0.4 is 0 Å². The maximum absolute atomic E-state index is 12.8. The van der Waals surface area contributed by atoms with Gasteiger partial charge in [-0.2, -0.15) is 0 Å². The molecular formula is C47H79O12P. The number of esters is 1. The minimum absolute atomic E-state index is 0.0998. The van der Waals surface area contributed by atoms with Gasteiger partial charge in [0.15, 0.2) is 0 Å². The number of unbranched alkanes of at least 4 members (excludes halogenated alkanes) is 10. The topological polar surface area (TPSA) is 192 Å². The summed E-state index contributed by atoms with van der Waals surface area (Å²) in [6, 6.07) is 0. The molecule has 0 aromatic rings. The van der Waals surface area contributed by atoms with Gasteiger partial charge in [-0.25, -0.2) is 4.57 Å². The number of phosphoric ester groups is 1. The van der Waals surface area contributed by atoms with Gasteiger partial charge in [0.1, 0.15) is 42.7 Å². The molecule has 0 heterocycles. The summed E-state index contributed by atoms with van der Waals surface area (Å²) < 4.78 is 34.1.